The first-order chi connectivity index (χ1) is 16.9. The van der Waals surface area contributed by atoms with E-state index < -0.39 is 30.5 Å². The Balaban J connectivity index is 1.66. The third-order valence-electron chi connectivity index (χ3n) is 4.92. The first-order valence-corrected chi connectivity index (χ1v) is 11.9. The van der Waals surface area contributed by atoms with Crippen molar-refractivity contribution in [2.75, 3.05) is 18.5 Å². The lowest BCUT2D eigenvalue weighted by atomic mass is 10.0. The van der Waals surface area contributed by atoms with Gasteiger partial charge >= 0.3 is 11.9 Å². The van der Waals surface area contributed by atoms with Gasteiger partial charge in [0.1, 0.15) is 10.6 Å². The van der Waals surface area contributed by atoms with Crippen LogP contribution in [-0.4, -0.2) is 37.0 Å². The molecule has 0 radical (unpaired) electrons. The second-order valence-electron chi connectivity index (χ2n) is 7.52. The molecule has 0 aliphatic rings. The van der Waals surface area contributed by atoms with Crippen LogP contribution in [0.15, 0.2) is 66.0 Å². The quantitative estimate of drug-likeness (QED) is 0.406. The van der Waals surface area contributed by atoms with E-state index >= 15 is 0 Å². The normalized spacial score (nSPS) is 11.3. The number of hydrogen-bond acceptors (Lipinski definition) is 7. The molecule has 1 aromatic heterocycles. The number of carbonyl (C=O) groups is 4. The van der Waals surface area contributed by atoms with E-state index in [0.717, 1.165) is 11.1 Å². The van der Waals surface area contributed by atoms with E-state index in [4.69, 9.17) is 9.47 Å². The van der Waals surface area contributed by atoms with Gasteiger partial charge in [-0.3, -0.25) is 14.4 Å². The maximum Gasteiger partial charge on any atom is 0.341 e. The minimum Gasteiger partial charge on any atom is -0.462 e. The Labute approximate surface area is 207 Å². The molecule has 0 spiro atoms. The Kier molecular flexibility index (Phi) is 9.14. The van der Waals surface area contributed by atoms with Crippen molar-refractivity contribution in [2.45, 2.75) is 26.3 Å². The van der Waals surface area contributed by atoms with Crippen molar-refractivity contribution >= 4 is 40.1 Å². The van der Waals surface area contributed by atoms with Crippen LogP contribution in [0.2, 0.25) is 0 Å². The number of amides is 2. The molecule has 0 aliphatic heterocycles. The summed E-state index contributed by atoms with van der Waals surface area (Å²) in [4.78, 5) is 49.1. The molecule has 1 heterocycles. The fourth-order valence-electron chi connectivity index (χ4n) is 3.40. The Morgan fingerprint density at radius 3 is 2.23 bits per heavy atom. The first-order valence-electron chi connectivity index (χ1n) is 11.0. The summed E-state index contributed by atoms with van der Waals surface area (Å²) in [5, 5.41) is 7.43. The van der Waals surface area contributed by atoms with Gasteiger partial charge in [0.25, 0.3) is 5.91 Å². The van der Waals surface area contributed by atoms with Crippen molar-refractivity contribution < 1.29 is 28.7 Å². The molecule has 2 amide bonds. The van der Waals surface area contributed by atoms with Crippen LogP contribution < -0.4 is 10.6 Å². The highest BCUT2D eigenvalue weighted by Gasteiger charge is 2.24. The smallest absolute Gasteiger partial charge is 0.341 e. The average molecular weight is 495 g/mol. The summed E-state index contributed by atoms with van der Waals surface area (Å²) in [7, 11) is 0. The van der Waals surface area contributed by atoms with E-state index in [0.29, 0.717) is 10.6 Å². The van der Waals surface area contributed by atoms with Crippen LogP contribution in [-0.2, 0) is 23.9 Å². The van der Waals surface area contributed by atoms with E-state index in [1.165, 1.54) is 18.3 Å². The summed E-state index contributed by atoms with van der Waals surface area (Å²) < 4.78 is 10.3. The summed E-state index contributed by atoms with van der Waals surface area (Å²) in [5.41, 5.74) is 2.44. The average Bonchev–Trinajstić information content (AvgIpc) is 3.27. The van der Waals surface area contributed by atoms with E-state index in [1.54, 1.807) is 36.6 Å². The van der Waals surface area contributed by atoms with Gasteiger partial charge in [-0.1, -0.05) is 60.7 Å². The van der Waals surface area contributed by atoms with Crippen LogP contribution in [0.3, 0.4) is 0 Å². The first kappa shape index (κ1) is 25.6. The van der Waals surface area contributed by atoms with E-state index in [-0.39, 0.29) is 24.5 Å². The van der Waals surface area contributed by atoms with Gasteiger partial charge < -0.3 is 20.1 Å². The largest absolute Gasteiger partial charge is 0.462 e. The number of ether oxygens (including phenoxy) is 2. The van der Waals surface area contributed by atoms with Gasteiger partial charge in [-0.15, -0.1) is 11.3 Å². The van der Waals surface area contributed by atoms with Crippen LogP contribution in [0.5, 0.6) is 0 Å². The van der Waals surface area contributed by atoms with Crippen molar-refractivity contribution in [3.63, 3.8) is 0 Å². The van der Waals surface area contributed by atoms with Gasteiger partial charge in [0, 0.05) is 17.9 Å². The third kappa shape index (κ3) is 7.25. The molecule has 0 aliphatic carbocycles. The maximum absolute atomic E-state index is 12.6. The minimum atomic E-state index is -0.649. The fourth-order valence-corrected chi connectivity index (χ4v) is 4.38. The Morgan fingerprint density at radius 1 is 0.943 bits per heavy atom. The molecule has 3 rings (SSSR count). The van der Waals surface area contributed by atoms with Gasteiger partial charge in [-0.25, -0.2) is 4.79 Å². The van der Waals surface area contributed by atoms with Crippen LogP contribution in [0.25, 0.3) is 11.1 Å². The second kappa shape index (κ2) is 12.5. The van der Waals surface area contributed by atoms with E-state index in [9.17, 15) is 19.2 Å². The summed E-state index contributed by atoms with van der Waals surface area (Å²) in [5.74, 6) is -2.09. The Hall–Kier alpha value is -3.98. The topological polar surface area (TPSA) is 111 Å². The molecule has 3 aromatic rings. The zero-order chi connectivity index (χ0) is 25.2. The zero-order valence-corrected chi connectivity index (χ0v) is 20.2. The standard InChI is InChI=1S/C26H26N2O6S/c1-3-33-26(32)24-20(18-10-6-4-7-11-18)16-35-25(24)28-22(30)15-34-23(31)14-21(27-17(2)29)19-12-8-5-9-13-19/h4-13,16,21H,3,14-15H2,1-2H3,(H,27,29)(H,28,30)/t21-/m0/s1. The van der Waals surface area contributed by atoms with Crippen LogP contribution in [0.4, 0.5) is 5.00 Å². The van der Waals surface area contributed by atoms with Crippen molar-refractivity contribution in [3.05, 3.63) is 77.2 Å². The summed E-state index contributed by atoms with van der Waals surface area (Å²) in [6, 6.07) is 17.7. The number of anilines is 1. The molecule has 8 nitrogen and oxygen atoms in total. The van der Waals surface area contributed by atoms with Crippen LogP contribution in [0.1, 0.15) is 42.2 Å². The number of esters is 2. The number of carbonyl (C=O) groups excluding carboxylic acids is 4. The number of hydrogen-bond donors (Lipinski definition) is 2. The third-order valence-corrected chi connectivity index (χ3v) is 5.82. The van der Waals surface area contributed by atoms with Crippen molar-refractivity contribution in [1.82, 2.24) is 5.32 Å². The highest BCUT2D eigenvalue weighted by molar-refractivity contribution is 7.15. The SMILES string of the molecule is CCOC(=O)c1c(-c2ccccc2)csc1NC(=O)COC(=O)C[C@H](NC(C)=O)c1ccccc1. The molecule has 0 saturated heterocycles. The number of thiophene rings is 1. The molecule has 182 valence electrons. The lowest BCUT2D eigenvalue weighted by molar-refractivity contribution is -0.148. The predicted octanol–water partition coefficient (Wildman–Crippen LogP) is 4.34. The lowest BCUT2D eigenvalue weighted by Gasteiger charge is -2.17. The van der Waals surface area contributed by atoms with Gasteiger partial charge in [0.05, 0.1) is 19.1 Å². The molecule has 35 heavy (non-hydrogen) atoms. The molecule has 9 heteroatoms. The molecule has 0 fully saturated rings. The lowest BCUT2D eigenvalue weighted by Crippen LogP contribution is -2.29. The van der Waals surface area contributed by atoms with Gasteiger partial charge in [-0.2, -0.15) is 0 Å². The predicted molar refractivity (Wildman–Crippen MR) is 133 cm³/mol. The minimum absolute atomic E-state index is 0.137. The van der Waals surface area contributed by atoms with Crippen molar-refractivity contribution in [2.24, 2.45) is 0 Å². The second-order valence-corrected chi connectivity index (χ2v) is 8.40. The summed E-state index contributed by atoms with van der Waals surface area (Å²) in [6.07, 6.45) is -0.137. The summed E-state index contributed by atoms with van der Waals surface area (Å²) in [6.45, 7) is 2.71. The number of rotatable bonds is 10. The molecule has 0 saturated carbocycles. The van der Waals surface area contributed by atoms with Gasteiger partial charge in [0.15, 0.2) is 6.61 Å². The maximum atomic E-state index is 12.6. The van der Waals surface area contributed by atoms with E-state index in [2.05, 4.69) is 10.6 Å². The molecule has 0 unspecified atom stereocenters. The molecular formula is C26H26N2O6S. The number of benzene rings is 2. The zero-order valence-electron chi connectivity index (χ0n) is 19.4. The van der Waals surface area contributed by atoms with Crippen LogP contribution in [0, 0.1) is 0 Å². The Morgan fingerprint density at radius 2 is 1.60 bits per heavy atom. The van der Waals surface area contributed by atoms with E-state index in [1.807, 2.05) is 36.4 Å². The molecule has 2 N–H and O–H groups in total. The number of nitrogens with one attached hydrogen (secondary N) is 2. The highest BCUT2D eigenvalue weighted by Crippen LogP contribution is 2.36. The highest BCUT2D eigenvalue weighted by atomic mass is 32.1. The van der Waals surface area contributed by atoms with Crippen molar-refractivity contribution in [3.8, 4) is 11.1 Å². The molecule has 0 bridgehead atoms. The van der Waals surface area contributed by atoms with Gasteiger partial charge in [0.2, 0.25) is 5.91 Å². The molecule has 1 atom stereocenters. The monoisotopic (exact) mass is 494 g/mol. The Bertz CT molecular complexity index is 1180. The van der Waals surface area contributed by atoms with Gasteiger partial charge in [-0.05, 0) is 18.1 Å². The molecule has 2 aromatic carbocycles. The molecular weight excluding hydrogens is 468 g/mol. The van der Waals surface area contributed by atoms with Crippen LogP contribution >= 0.6 is 11.3 Å². The van der Waals surface area contributed by atoms with Crippen molar-refractivity contribution in [1.29, 1.82) is 0 Å². The summed E-state index contributed by atoms with van der Waals surface area (Å²) >= 11 is 1.18. The fraction of sp³-hybridized carbons (Fsp3) is 0.231.